The molecule has 0 saturated carbocycles. The Bertz CT molecular complexity index is 635. The summed E-state index contributed by atoms with van der Waals surface area (Å²) in [5.74, 6) is 0. The summed E-state index contributed by atoms with van der Waals surface area (Å²) in [5, 5.41) is 8.13. The van der Waals surface area contributed by atoms with Crippen molar-refractivity contribution in [3.8, 4) is 0 Å². The standard InChI is InChI=1S/C17H20N2OS/c1-12-9-10-21-16(12)11-18-17(20)19-15-8-4-6-13-5-2-3-7-14(13)15/h2-3,5,7,9-10,15H,4,6,8,11H2,1H3,(H2,18,19,20). The first-order valence-electron chi connectivity index (χ1n) is 7.39. The van der Waals surface area contributed by atoms with Gasteiger partial charge >= 0.3 is 6.03 Å². The molecule has 1 aliphatic rings. The molecule has 3 nitrogen and oxygen atoms in total. The van der Waals surface area contributed by atoms with Crippen LogP contribution < -0.4 is 10.6 Å². The monoisotopic (exact) mass is 300 g/mol. The highest BCUT2D eigenvalue weighted by Crippen LogP contribution is 2.29. The highest BCUT2D eigenvalue weighted by Gasteiger charge is 2.21. The van der Waals surface area contributed by atoms with E-state index >= 15 is 0 Å². The number of nitrogens with one attached hydrogen (secondary N) is 2. The summed E-state index contributed by atoms with van der Waals surface area (Å²) in [6.07, 6.45) is 3.26. The molecule has 1 heterocycles. The molecule has 3 rings (SSSR count). The van der Waals surface area contributed by atoms with Crippen LogP contribution in [-0.2, 0) is 13.0 Å². The van der Waals surface area contributed by atoms with Crippen LogP contribution in [0.15, 0.2) is 35.7 Å². The molecule has 21 heavy (non-hydrogen) atoms. The van der Waals surface area contributed by atoms with Gasteiger partial charge in [0.2, 0.25) is 0 Å². The van der Waals surface area contributed by atoms with Gasteiger partial charge in [0, 0.05) is 4.88 Å². The average Bonchev–Trinajstić information content (AvgIpc) is 2.91. The van der Waals surface area contributed by atoms with E-state index in [9.17, 15) is 4.79 Å². The van der Waals surface area contributed by atoms with E-state index in [-0.39, 0.29) is 12.1 Å². The van der Waals surface area contributed by atoms with Gasteiger partial charge in [-0.1, -0.05) is 24.3 Å². The lowest BCUT2D eigenvalue weighted by Gasteiger charge is -2.26. The van der Waals surface area contributed by atoms with Crippen molar-refractivity contribution in [1.29, 1.82) is 0 Å². The predicted molar refractivity (Wildman–Crippen MR) is 86.5 cm³/mol. The normalized spacial score (nSPS) is 17.1. The summed E-state index contributed by atoms with van der Waals surface area (Å²) in [6, 6.07) is 10.5. The van der Waals surface area contributed by atoms with Crippen LogP contribution in [0.25, 0.3) is 0 Å². The zero-order chi connectivity index (χ0) is 14.7. The quantitative estimate of drug-likeness (QED) is 0.886. The third-order valence-corrected chi connectivity index (χ3v) is 5.08. The maximum Gasteiger partial charge on any atom is 0.315 e. The Morgan fingerprint density at radius 2 is 2.19 bits per heavy atom. The number of carbonyl (C=O) groups is 1. The van der Waals surface area contributed by atoms with Crippen molar-refractivity contribution in [2.45, 2.75) is 38.8 Å². The SMILES string of the molecule is Cc1ccsc1CNC(=O)NC1CCCc2ccccc21. The number of benzene rings is 1. The van der Waals surface area contributed by atoms with E-state index in [0.29, 0.717) is 6.54 Å². The molecule has 1 aromatic carbocycles. The second-order valence-electron chi connectivity index (χ2n) is 5.50. The zero-order valence-electron chi connectivity index (χ0n) is 12.2. The number of rotatable bonds is 3. The van der Waals surface area contributed by atoms with Gasteiger partial charge < -0.3 is 10.6 Å². The second-order valence-corrected chi connectivity index (χ2v) is 6.50. The summed E-state index contributed by atoms with van der Waals surface area (Å²) >= 11 is 1.68. The van der Waals surface area contributed by atoms with Crippen LogP contribution in [-0.4, -0.2) is 6.03 Å². The molecule has 0 spiro atoms. The van der Waals surface area contributed by atoms with Gasteiger partial charge in [-0.2, -0.15) is 0 Å². The molecule has 0 aliphatic heterocycles. The molecule has 1 atom stereocenters. The molecule has 4 heteroatoms. The lowest BCUT2D eigenvalue weighted by Crippen LogP contribution is -2.38. The van der Waals surface area contributed by atoms with Crippen LogP contribution in [0, 0.1) is 6.92 Å². The summed E-state index contributed by atoms with van der Waals surface area (Å²) < 4.78 is 0. The molecule has 2 N–H and O–H groups in total. The zero-order valence-corrected chi connectivity index (χ0v) is 13.0. The fraction of sp³-hybridized carbons (Fsp3) is 0.353. The molecule has 0 fully saturated rings. The van der Waals surface area contributed by atoms with Crippen LogP contribution in [0.4, 0.5) is 4.79 Å². The van der Waals surface area contributed by atoms with Gasteiger partial charge in [0.25, 0.3) is 0 Å². The Balaban J connectivity index is 1.60. The number of carbonyl (C=O) groups excluding carboxylic acids is 1. The highest BCUT2D eigenvalue weighted by molar-refractivity contribution is 7.10. The number of thiophene rings is 1. The fourth-order valence-electron chi connectivity index (χ4n) is 2.86. The van der Waals surface area contributed by atoms with Crippen molar-refractivity contribution in [1.82, 2.24) is 10.6 Å². The van der Waals surface area contributed by atoms with Crippen molar-refractivity contribution < 1.29 is 4.79 Å². The highest BCUT2D eigenvalue weighted by atomic mass is 32.1. The van der Waals surface area contributed by atoms with Gasteiger partial charge in [-0.15, -0.1) is 11.3 Å². The molecule has 1 aliphatic carbocycles. The van der Waals surface area contributed by atoms with Gasteiger partial charge in [0.1, 0.15) is 0 Å². The molecule has 0 bridgehead atoms. The van der Waals surface area contributed by atoms with Crippen molar-refractivity contribution in [2.75, 3.05) is 0 Å². The predicted octanol–water partition coefficient (Wildman–Crippen LogP) is 3.93. The van der Waals surface area contributed by atoms with E-state index in [1.807, 2.05) is 6.07 Å². The molecular formula is C17H20N2OS. The lowest BCUT2D eigenvalue weighted by atomic mass is 9.88. The first kappa shape index (κ1) is 14.1. The number of hydrogen-bond donors (Lipinski definition) is 2. The molecular weight excluding hydrogens is 280 g/mol. The van der Waals surface area contributed by atoms with E-state index < -0.39 is 0 Å². The van der Waals surface area contributed by atoms with E-state index in [1.165, 1.54) is 21.6 Å². The van der Waals surface area contributed by atoms with E-state index in [4.69, 9.17) is 0 Å². The summed E-state index contributed by atoms with van der Waals surface area (Å²) in [6.45, 7) is 2.67. The van der Waals surface area contributed by atoms with Gasteiger partial charge in [0.05, 0.1) is 12.6 Å². The minimum atomic E-state index is -0.0792. The van der Waals surface area contributed by atoms with Crippen molar-refractivity contribution in [2.24, 2.45) is 0 Å². The summed E-state index contributed by atoms with van der Waals surface area (Å²) in [4.78, 5) is 13.3. The van der Waals surface area contributed by atoms with Crippen LogP contribution in [0.5, 0.6) is 0 Å². The van der Waals surface area contributed by atoms with Gasteiger partial charge in [-0.3, -0.25) is 0 Å². The molecule has 0 saturated heterocycles. The van der Waals surface area contributed by atoms with Gasteiger partial charge in [0.15, 0.2) is 0 Å². The van der Waals surface area contributed by atoms with E-state index in [0.717, 1.165) is 19.3 Å². The van der Waals surface area contributed by atoms with Crippen LogP contribution in [0.1, 0.15) is 40.5 Å². The third-order valence-electron chi connectivity index (χ3n) is 4.05. The molecule has 2 aromatic rings. The molecule has 1 aromatic heterocycles. The Morgan fingerprint density at radius 1 is 1.33 bits per heavy atom. The maximum absolute atomic E-state index is 12.1. The number of hydrogen-bond acceptors (Lipinski definition) is 2. The number of amides is 2. The summed E-state index contributed by atoms with van der Waals surface area (Å²) in [7, 11) is 0. The molecule has 1 unspecified atom stereocenters. The van der Waals surface area contributed by atoms with Crippen LogP contribution in [0.3, 0.4) is 0 Å². The topological polar surface area (TPSA) is 41.1 Å². The molecule has 110 valence electrons. The molecule has 2 amide bonds. The van der Waals surface area contributed by atoms with Crippen molar-refractivity contribution in [3.63, 3.8) is 0 Å². The van der Waals surface area contributed by atoms with Crippen molar-refractivity contribution >= 4 is 17.4 Å². The number of fused-ring (bicyclic) bond motifs is 1. The fourth-order valence-corrected chi connectivity index (χ4v) is 3.70. The third kappa shape index (κ3) is 3.27. The first-order chi connectivity index (χ1) is 10.2. The van der Waals surface area contributed by atoms with Gasteiger partial charge in [-0.05, 0) is 54.3 Å². The van der Waals surface area contributed by atoms with Gasteiger partial charge in [-0.25, -0.2) is 4.79 Å². The Labute approximate surface area is 129 Å². The van der Waals surface area contributed by atoms with E-state index in [2.05, 4.69) is 47.2 Å². The number of urea groups is 1. The maximum atomic E-state index is 12.1. The number of aryl methyl sites for hydroxylation is 2. The first-order valence-corrected chi connectivity index (χ1v) is 8.27. The van der Waals surface area contributed by atoms with Crippen molar-refractivity contribution in [3.05, 3.63) is 57.3 Å². The largest absolute Gasteiger partial charge is 0.333 e. The smallest absolute Gasteiger partial charge is 0.315 e. The summed E-state index contributed by atoms with van der Waals surface area (Å²) in [5.41, 5.74) is 3.87. The second kappa shape index (κ2) is 6.31. The average molecular weight is 300 g/mol. The Hall–Kier alpha value is -1.81. The van der Waals surface area contributed by atoms with Crippen LogP contribution in [0.2, 0.25) is 0 Å². The molecule has 0 radical (unpaired) electrons. The van der Waals surface area contributed by atoms with E-state index in [1.54, 1.807) is 11.3 Å². The lowest BCUT2D eigenvalue weighted by molar-refractivity contribution is 0.235. The minimum Gasteiger partial charge on any atom is -0.333 e. The van der Waals surface area contributed by atoms with Crippen LogP contribution >= 0.6 is 11.3 Å². The Kier molecular flexibility index (Phi) is 4.25. The minimum absolute atomic E-state index is 0.0792. The Morgan fingerprint density at radius 3 is 3.00 bits per heavy atom.